The third-order valence-corrected chi connectivity index (χ3v) is 3.76. The first kappa shape index (κ1) is 14.9. The predicted molar refractivity (Wildman–Crippen MR) is 81.6 cm³/mol. The summed E-state index contributed by atoms with van der Waals surface area (Å²) in [4.78, 5) is 32.9. The Morgan fingerprint density at radius 1 is 1.35 bits per heavy atom. The number of amides is 3. The summed E-state index contributed by atoms with van der Waals surface area (Å²) in [7, 11) is 0. The summed E-state index contributed by atoms with van der Waals surface area (Å²) in [6, 6.07) is 3.01. The number of pyridine rings is 1. The van der Waals surface area contributed by atoms with Crippen molar-refractivity contribution in [3.05, 3.63) is 36.7 Å². The molecule has 1 saturated heterocycles. The van der Waals surface area contributed by atoms with E-state index in [4.69, 9.17) is 5.73 Å². The van der Waals surface area contributed by atoms with E-state index < -0.39 is 5.91 Å². The standard InChI is InChI=1S/C14H17N7O2/c15-13(22)12-4-3-10(6-17-12)19-14(23)20-5-1-2-11(7-20)21-9-16-8-18-21/h3-4,6,8-9,11H,1-2,5,7H2,(H2,15,22)(H,19,23). The lowest BCUT2D eigenvalue weighted by atomic mass is 10.1. The number of carbonyl (C=O) groups is 2. The van der Waals surface area contributed by atoms with E-state index in [1.165, 1.54) is 18.6 Å². The molecule has 0 bridgehead atoms. The number of likely N-dealkylation sites (tertiary alicyclic amines) is 1. The Hall–Kier alpha value is -2.97. The van der Waals surface area contributed by atoms with Gasteiger partial charge in [-0.2, -0.15) is 5.10 Å². The summed E-state index contributed by atoms with van der Waals surface area (Å²) >= 11 is 0. The van der Waals surface area contributed by atoms with Gasteiger partial charge in [0.15, 0.2) is 0 Å². The van der Waals surface area contributed by atoms with Crippen molar-refractivity contribution in [1.29, 1.82) is 0 Å². The highest BCUT2D eigenvalue weighted by Gasteiger charge is 2.25. The van der Waals surface area contributed by atoms with E-state index in [0.717, 1.165) is 12.8 Å². The number of nitrogens with zero attached hydrogens (tertiary/aromatic N) is 5. The molecule has 23 heavy (non-hydrogen) atoms. The first-order valence-corrected chi connectivity index (χ1v) is 7.29. The van der Waals surface area contributed by atoms with Gasteiger partial charge < -0.3 is 16.0 Å². The van der Waals surface area contributed by atoms with Gasteiger partial charge in [0.2, 0.25) is 0 Å². The molecule has 3 heterocycles. The van der Waals surface area contributed by atoms with Crippen LogP contribution in [-0.4, -0.2) is 49.7 Å². The molecule has 2 aromatic rings. The average Bonchev–Trinajstić information content (AvgIpc) is 3.10. The van der Waals surface area contributed by atoms with Crippen molar-refractivity contribution >= 4 is 17.6 Å². The Kier molecular flexibility index (Phi) is 4.18. The number of rotatable bonds is 3. The van der Waals surface area contributed by atoms with Crippen molar-refractivity contribution < 1.29 is 9.59 Å². The second-order valence-electron chi connectivity index (χ2n) is 5.34. The number of nitrogens with two attached hydrogens (primary N) is 1. The molecule has 0 aliphatic carbocycles. The van der Waals surface area contributed by atoms with Gasteiger partial charge in [-0.15, -0.1) is 0 Å². The van der Waals surface area contributed by atoms with E-state index in [1.54, 1.807) is 22.0 Å². The molecule has 1 fully saturated rings. The Morgan fingerprint density at radius 3 is 2.87 bits per heavy atom. The zero-order valence-electron chi connectivity index (χ0n) is 12.4. The number of primary amides is 1. The van der Waals surface area contributed by atoms with Crippen LogP contribution in [0.25, 0.3) is 0 Å². The van der Waals surface area contributed by atoms with Crippen LogP contribution in [0.5, 0.6) is 0 Å². The molecule has 120 valence electrons. The van der Waals surface area contributed by atoms with Gasteiger partial charge in [0, 0.05) is 13.1 Å². The van der Waals surface area contributed by atoms with Crippen LogP contribution in [0.1, 0.15) is 29.4 Å². The molecule has 0 aromatic carbocycles. The van der Waals surface area contributed by atoms with Crippen molar-refractivity contribution in [3.8, 4) is 0 Å². The van der Waals surface area contributed by atoms with E-state index in [9.17, 15) is 9.59 Å². The summed E-state index contributed by atoms with van der Waals surface area (Å²) in [6.07, 6.45) is 6.43. The first-order valence-electron chi connectivity index (χ1n) is 7.29. The van der Waals surface area contributed by atoms with Crippen molar-refractivity contribution in [1.82, 2.24) is 24.6 Å². The van der Waals surface area contributed by atoms with Crippen molar-refractivity contribution in [2.24, 2.45) is 5.73 Å². The Morgan fingerprint density at radius 2 is 2.22 bits per heavy atom. The molecule has 1 aliphatic rings. The van der Waals surface area contributed by atoms with Crippen molar-refractivity contribution in [2.45, 2.75) is 18.9 Å². The monoisotopic (exact) mass is 315 g/mol. The minimum absolute atomic E-state index is 0.132. The number of aromatic nitrogens is 4. The smallest absolute Gasteiger partial charge is 0.321 e. The predicted octanol–water partition coefficient (Wildman–Crippen LogP) is 0.641. The lowest BCUT2D eigenvalue weighted by molar-refractivity contribution is 0.0995. The molecule has 0 saturated carbocycles. The minimum Gasteiger partial charge on any atom is -0.364 e. The van der Waals surface area contributed by atoms with E-state index >= 15 is 0 Å². The number of anilines is 1. The van der Waals surface area contributed by atoms with E-state index in [0.29, 0.717) is 18.8 Å². The maximum absolute atomic E-state index is 12.4. The molecule has 1 unspecified atom stereocenters. The van der Waals surface area contributed by atoms with Crippen LogP contribution in [0.2, 0.25) is 0 Å². The SMILES string of the molecule is NC(=O)c1ccc(NC(=O)N2CCCC(n3cncn3)C2)cn1. The number of urea groups is 1. The largest absolute Gasteiger partial charge is 0.364 e. The zero-order valence-corrected chi connectivity index (χ0v) is 12.4. The topological polar surface area (TPSA) is 119 Å². The molecule has 1 atom stereocenters. The molecular formula is C14H17N7O2. The van der Waals surface area contributed by atoms with Crippen LogP contribution in [0.4, 0.5) is 10.5 Å². The number of hydrogen-bond acceptors (Lipinski definition) is 5. The maximum atomic E-state index is 12.4. The molecule has 0 radical (unpaired) electrons. The number of carbonyl (C=O) groups excluding carboxylic acids is 2. The third kappa shape index (κ3) is 3.44. The van der Waals surface area contributed by atoms with Gasteiger partial charge in [-0.05, 0) is 25.0 Å². The van der Waals surface area contributed by atoms with Crippen LogP contribution in [-0.2, 0) is 0 Å². The van der Waals surface area contributed by atoms with Crippen LogP contribution in [0.3, 0.4) is 0 Å². The molecule has 1 aliphatic heterocycles. The van der Waals surface area contributed by atoms with Gasteiger partial charge in [-0.1, -0.05) is 0 Å². The third-order valence-electron chi connectivity index (χ3n) is 3.76. The van der Waals surface area contributed by atoms with E-state index in [2.05, 4.69) is 20.4 Å². The number of piperidine rings is 1. The molecule has 3 amide bonds. The van der Waals surface area contributed by atoms with Gasteiger partial charge in [-0.3, -0.25) is 4.79 Å². The van der Waals surface area contributed by atoms with Crippen LogP contribution >= 0.6 is 0 Å². The highest BCUT2D eigenvalue weighted by atomic mass is 16.2. The normalized spacial score (nSPS) is 17.7. The van der Waals surface area contributed by atoms with Gasteiger partial charge in [0.05, 0.1) is 17.9 Å². The molecule has 3 N–H and O–H groups in total. The van der Waals surface area contributed by atoms with Gasteiger partial charge >= 0.3 is 6.03 Å². The summed E-state index contributed by atoms with van der Waals surface area (Å²) in [5.41, 5.74) is 5.81. The molecule has 2 aromatic heterocycles. The maximum Gasteiger partial charge on any atom is 0.321 e. The fourth-order valence-electron chi connectivity index (χ4n) is 2.58. The van der Waals surface area contributed by atoms with Crippen LogP contribution < -0.4 is 11.1 Å². The van der Waals surface area contributed by atoms with E-state index in [-0.39, 0.29) is 17.8 Å². The molecule has 9 heteroatoms. The minimum atomic E-state index is -0.602. The molecular weight excluding hydrogens is 298 g/mol. The van der Waals surface area contributed by atoms with Crippen molar-refractivity contribution in [3.63, 3.8) is 0 Å². The number of nitrogens with one attached hydrogen (secondary N) is 1. The Labute approximate surface area is 132 Å². The molecule has 9 nitrogen and oxygen atoms in total. The molecule has 0 spiro atoms. The second kappa shape index (κ2) is 6.42. The second-order valence-corrected chi connectivity index (χ2v) is 5.34. The Balaban J connectivity index is 1.62. The zero-order chi connectivity index (χ0) is 16.2. The van der Waals surface area contributed by atoms with Gasteiger partial charge in [0.1, 0.15) is 18.3 Å². The summed E-state index contributed by atoms with van der Waals surface area (Å²) in [5, 5.41) is 6.91. The highest BCUT2D eigenvalue weighted by Crippen LogP contribution is 2.21. The number of hydrogen-bond donors (Lipinski definition) is 2. The summed E-state index contributed by atoms with van der Waals surface area (Å²) in [6.45, 7) is 1.26. The quantitative estimate of drug-likeness (QED) is 0.861. The fraction of sp³-hybridized carbons (Fsp3) is 0.357. The van der Waals surface area contributed by atoms with Gasteiger partial charge in [-0.25, -0.2) is 19.4 Å². The average molecular weight is 315 g/mol. The Bertz CT molecular complexity index is 684. The van der Waals surface area contributed by atoms with Crippen molar-refractivity contribution in [2.75, 3.05) is 18.4 Å². The highest BCUT2D eigenvalue weighted by molar-refractivity contribution is 5.92. The lowest BCUT2D eigenvalue weighted by Gasteiger charge is -2.32. The summed E-state index contributed by atoms with van der Waals surface area (Å²) < 4.78 is 1.78. The van der Waals surface area contributed by atoms with Crippen LogP contribution in [0, 0.1) is 0 Å². The molecule has 3 rings (SSSR count). The lowest BCUT2D eigenvalue weighted by Crippen LogP contribution is -2.43. The van der Waals surface area contributed by atoms with Gasteiger partial charge in [0.25, 0.3) is 5.91 Å². The summed E-state index contributed by atoms with van der Waals surface area (Å²) in [5.74, 6) is -0.602. The fourth-order valence-corrected chi connectivity index (χ4v) is 2.58. The van der Waals surface area contributed by atoms with Crippen LogP contribution in [0.15, 0.2) is 31.0 Å². The first-order chi connectivity index (χ1) is 11.1. The van der Waals surface area contributed by atoms with E-state index in [1.807, 2.05) is 0 Å².